The number of nitrogens with two attached hydrogens (primary N) is 2. The number of carbonyl (C=O) groups is 1. The third kappa shape index (κ3) is 9.89. The predicted molar refractivity (Wildman–Crippen MR) is 159 cm³/mol. The summed E-state index contributed by atoms with van der Waals surface area (Å²) in [5.74, 6) is -0.212. The number of anilines is 3. The Morgan fingerprint density at radius 1 is 0.884 bits per heavy atom. The highest BCUT2D eigenvalue weighted by Gasteiger charge is 2.17. The molecule has 1 aromatic heterocycles. The van der Waals surface area contributed by atoms with E-state index in [9.17, 15) is 17.1 Å². The number of aromatic nitrogens is 2. The molecule has 0 saturated heterocycles. The first-order valence-corrected chi connectivity index (χ1v) is 15.2. The lowest BCUT2D eigenvalue weighted by molar-refractivity contribution is 0.102. The quantitative estimate of drug-likeness (QED) is 0.126. The zero-order chi connectivity index (χ0) is 32.1. The van der Waals surface area contributed by atoms with Gasteiger partial charge in [-0.3, -0.25) is 13.9 Å². The molecule has 1 amide bonds. The van der Waals surface area contributed by atoms with E-state index in [-0.39, 0.29) is 34.7 Å². The van der Waals surface area contributed by atoms with Crippen molar-refractivity contribution in [3.63, 3.8) is 0 Å². The third-order valence-electron chi connectivity index (χ3n) is 5.19. The van der Waals surface area contributed by atoms with Crippen molar-refractivity contribution in [2.75, 3.05) is 16.8 Å². The molecule has 0 aliphatic heterocycles. The second-order valence-electron chi connectivity index (χ2n) is 8.22. The summed E-state index contributed by atoms with van der Waals surface area (Å²) in [5.41, 5.74) is 13.8. The Morgan fingerprint density at radius 3 is 2.07 bits per heavy atom. The second kappa shape index (κ2) is 13.7. The number of carbonyl (C=O) groups excluding carboxylic acids is 1. The van der Waals surface area contributed by atoms with Crippen LogP contribution in [0.1, 0.15) is 16.1 Å². The molecule has 4 aromatic rings. The molecule has 4 rings (SSSR count). The molecule has 228 valence electrons. The Morgan fingerprint density at radius 2 is 1.51 bits per heavy atom. The zero-order valence-corrected chi connectivity index (χ0v) is 25.1. The molecule has 0 aliphatic rings. The first-order chi connectivity index (χ1) is 19.9. The van der Waals surface area contributed by atoms with Gasteiger partial charge in [0.05, 0.1) is 25.7 Å². The van der Waals surface area contributed by atoms with Crippen molar-refractivity contribution in [3.8, 4) is 16.9 Å². The van der Waals surface area contributed by atoms with E-state index in [0.717, 1.165) is 12.1 Å². The van der Waals surface area contributed by atoms with Crippen LogP contribution in [0.4, 0.5) is 21.3 Å². The molecule has 0 unspecified atom stereocenters. The lowest BCUT2D eigenvalue weighted by Gasteiger charge is -2.15. The highest BCUT2D eigenvalue weighted by atomic mass is 35.5. The predicted octanol–water partition coefficient (Wildman–Crippen LogP) is 5.10. The SMILES string of the molecule is Nc1nc(N)c(-c2ccc(Cl)c(Cl)c2)c(COc2ccc(NC(=O)c3ccc(S(=O)(=O)F)cc3)cc2Cl)n1.O=S(=O)(O)O. The lowest BCUT2D eigenvalue weighted by atomic mass is 10.0. The topological polar surface area (TPSA) is 225 Å². The van der Waals surface area contributed by atoms with Crippen molar-refractivity contribution < 1.29 is 39.4 Å². The maximum Gasteiger partial charge on any atom is 0.394 e. The summed E-state index contributed by atoms with van der Waals surface area (Å²) >= 11 is 18.5. The number of hydrogen-bond acceptors (Lipinski definition) is 10. The van der Waals surface area contributed by atoms with Gasteiger partial charge in [0.25, 0.3) is 5.91 Å². The van der Waals surface area contributed by atoms with Crippen LogP contribution in [0.15, 0.2) is 65.6 Å². The van der Waals surface area contributed by atoms with Gasteiger partial charge >= 0.3 is 20.6 Å². The number of nitrogens with zero attached hydrogens (tertiary/aromatic N) is 2. The smallest absolute Gasteiger partial charge is 0.394 e. The van der Waals surface area contributed by atoms with E-state index in [4.69, 9.17) is 68.5 Å². The van der Waals surface area contributed by atoms with E-state index in [1.54, 1.807) is 24.3 Å². The molecule has 0 spiro atoms. The van der Waals surface area contributed by atoms with Gasteiger partial charge in [0.15, 0.2) is 0 Å². The standard InChI is InChI=1S/C24H17Cl3FN5O4S.H2O4S/c25-16-7-3-13(9-17(16)26)21-19(32-24(30)33-22(21)29)11-37-20-8-4-14(10-18(20)27)31-23(34)12-1-5-15(6-2-12)38(28,35)36;1-5(2,3)4/h1-10H,11H2,(H,31,34)(H4,29,30,32,33);(H2,1,2,3,4). The van der Waals surface area contributed by atoms with Crippen LogP contribution in [0.25, 0.3) is 11.1 Å². The van der Waals surface area contributed by atoms with Crippen LogP contribution in [0, 0.1) is 0 Å². The minimum atomic E-state index is -4.86. The highest BCUT2D eigenvalue weighted by molar-refractivity contribution is 7.86. The number of ether oxygens (including phenoxy) is 1. The fourth-order valence-corrected chi connectivity index (χ4v) is 4.43. The van der Waals surface area contributed by atoms with Crippen molar-refractivity contribution in [1.82, 2.24) is 9.97 Å². The van der Waals surface area contributed by atoms with Gasteiger partial charge in [-0.1, -0.05) is 40.9 Å². The Kier molecular flexibility index (Phi) is 10.7. The van der Waals surface area contributed by atoms with Gasteiger partial charge in [0.2, 0.25) is 5.95 Å². The number of benzene rings is 3. The number of hydrogen-bond donors (Lipinski definition) is 5. The van der Waals surface area contributed by atoms with Crippen LogP contribution >= 0.6 is 34.8 Å². The molecular formula is C24H19Cl3FN5O8S2. The minimum absolute atomic E-state index is 0.0498. The molecule has 7 N–H and O–H groups in total. The number of rotatable bonds is 7. The molecule has 0 radical (unpaired) electrons. The Balaban J connectivity index is 0.000000934. The number of halogens is 4. The third-order valence-corrected chi connectivity index (χ3v) is 7.06. The Bertz CT molecular complexity index is 1890. The summed E-state index contributed by atoms with van der Waals surface area (Å²) in [6.45, 7) is -0.0816. The molecule has 0 fully saturated rings. The Hall–Kier alpha value is -3.77. The van der Waals surface area contributed by atoms with Crippen molar-refractivity contribution in [2.45, 2.75) is 11.5 Å². The highest BCUT2D eigenvalue weighted by Crippen LogP contribution is 2.35. The zero-order valence-electron chi connectivity index (χ0n) is 21.2. The van der Waals surface area contributed by atoms with Crippen LogP contribution in [-0.2, 0) is 27.2 Å². The summed E-state index contributed by atoms with van der Waals surface area (Å²) < 4.78 is 72.4. The Labute approximate surface area is 259 Å². The van der Waals surface area contributed by atoms with E-state index < -0.39 is 31.4 Å². The number of nitrogens with one attached hydrogen (secondary N) is 1. The molecule has 0 aliphatic carbocycles. The van der Waals surface area contributed by atoms with E-state index in [2.05, 4.69) is 15.3 Å². The fraction of sp³-hybridized carbons (Fsp3) is 0.0417. The fourth-order valence-electron chi connectivity index (χ4n) is 3.43. The van der Waals surface area contributed by atoms with E-state index in [1.807, 2.05) is 0 Å². The van der Waals surface area contributed by atoms with Crippen LogP contribution in [0.3, 0.4) is 0 Å². The van der Waals surface area contributed by atoms with Gasteiger partial charge in [-0.15, -0.1) is 3.89 Å². The van der Waals surface area contributed by atoms with Gasteiger partial charge in [-0.2, -0.15) is 21.8 Å². The summed E-state index contributed by atoms with van der Waals surface area (Å²) in [6, 6.07) is 13.8. The molecule has 13 nitrogen and oxygen atoms in total. The van der Waals surface area contributed by atoms with E-state index >= 15 is 0 Å². The van der Waals surface area contributed by atoms with Crippen molar-refractivity contribution >= 4 is 78.8 Å². The van der Waals surface area contributed by atoms with Crippen LogP contribution in [0.5, 0.6) is 5.75 Å². The van der Waals surface area contributed by atoms with Crippen LogP contribution < -0.4 is 21.5 Å². The first kappa shape index (κ1) is 33.7. The second-order valence-corrected chi connectivity index (χ2v) is 11.7. The average molecular weight is 695 g/mol. The number of nitrogen functional groups attached to an aromatic ring is 2. The number of amides is 1. The van der Waals surface area contributed by atoms with Crippen LogP contribution in [-0.4, -0.2) is 41.8 Å². The molecule has 19 heteroatoms. The van der Waals surface area contributed by atoms with Crippen LogP contribution in [0.2, 0.25) is 15.1 Å². The van der Waals surface area contributed by atoms with Gasteiger partial charge < -0.3 is 21.5 Å². The summed E-state index contributed by atoms with van der Waals surface area (Å²) in [5, 5.41) is 3.47. The lowest BCUT2D eigenvalue weighted by Crippen LogP contribution is -2.12. The summed E-state index contributed by atoms with van der Waals surface area (Å²) in [4.78, 5) is 20.2. The molecule has 0 atom stereocenters. The maximum absolute atomic E-state index is 13.0. The minimum Gasteiger partial charge on any atom is -0.486 e. The van der Waals surface area contributed by atoms with Crippen molar-refractivity contribution in [1.29, 1.82) is 0 Å². The molecule has 43 heavy (non-hydrogen) atoms. The van der Waals surface area contributed by atoms with Crippen molar-refractivity contribution in [2.24, 2.45) is 0 Å². The van der Waals surface area contributed by atoms with E-state index in [1.165, 1.54) is 24.3 Å². The monoisotopic (exact) mass is 693 g/mol. The summed E-state index contributed by atoms with van der Waals surface area (Å²) in [7, 11) is -9.53. The maximum atomic E-state index is 13.0. The van der Waals surface area contributed by atoms with Gasteiger partial charge in [-0.05, 0) is 60.2 Å². The normalized spacial score (nSPS) is 11.3. The first-order valence-electron chi connectivity index (χ1n) is 11.3. The van der Waals surface area contributed by atoms with Gasteiger partial charge in [-0.25, -0.2) is 4.98 Å². The molecule has 1 heterocycles. The molecule has 0 bridgehead atoms. The van der Waals surface area contributed by atoms with Gasteiger partial charge in [0, 0.05) is 16.8 Å². The van der Waals surface area contributed by atoms with Gasteiger partial charge in [0.1, 0.15) is 18.2 Å². The molecule has 0 saturated carbocycles. The molecular weight excluding hydrogens is 676 g/mol. The molecule has 3 aromatic carbocycles. The summed E-state index contributed by atoms with van der Waals surface area (Å²) in [6.07, 6.45) is 0. The largest absolute Gasteiger partial charge is 0.486 e. The average Bonchev–Trinajstić information content (AvgIpc) is 2.88. The van der Waals surface area contributed by atoms with E-state index in [0.29, 0.717) is 32.6 Å². The van der Waals surface area contributed by atoms with Crippen molar-refractivity contribution in [3.05, 3.63) is 87.0 Å².